The molecule has 2 saturated carbocycles. The molecule has 11 nitrogen and oxygen atoms in total. The molecule has 12 heteroatoms. The lowest BCUT2D eigenvalue weighted by atomic mass is 9.80. The minimum Gasteiger partial charge on any atom is -0.347 e. The topological polar surface area (TPSA) is 145 Å². The molecule has 3 N–H and O–H groups in total. The third-order valence-electron chi connectivity index (χ3n) is 7.87. The molecule has 210 valence electrons. The van der Waals surface area contributed by atoms with E-state index < -0.39 is 45.2 Å². The van der Waals surface area contributed by atoms with Crippen molar-refractivity contribution in [3.8, 4) is 0 Å². The fourth-order valence-electron chi connectivity index (χ4n) is 5.53. The number of ketones is 1. The van der Waals surface area contributed by atoms with Crippen molar-refractivity contribution in [1.29, 1.82) is 0 Å². The molecule has 0 radical (unpaired) electrons. The number of Topliss-reactive ketones (excluding diaryl/α,β-unsaturated/α-hetero) is 1. The molecule has 0 unspecified atom stereocenters. The first kappa shape index (κ1) is 29.3. The Bertz CT molecular complexity index is 935. The van der Waals surface area contributed by atoms with Crippen molar-refractivity contribution in [3.63, 3.8) is 0 Å². The summed E-state index contributed by atoms with van der Waals surface area (Å²) < 4.78 is 24.9. The molecule has 0 aromatic rings. The molecule has 3 rings (SSSR count). The first-order valence-corrected chi connectivity index (χ1v) is 15.6. The van der Waals surface area contributed by atoms with Crippen LogP contribution in [0.4, 0.5) is 4.79 Å². The van der Waals surface area contributed by atoms with E-state index in [1.807, 2.05) is 6.92 Å². The van der Waals surface area contributed by atoms with Crippen molar-refractivity contribution in [2.45, 2.75) is 102 Å². The molecule has 1 saturated heterocycles. The van der Waals surface area contributed by atoms with E-state index in [4.69, 9.17) is 0 Å². The monoisotopic (exact) mass is 541 g/mol. The van der Waals surface area contributed by atoms with Crippen LogP contribution in [0.3, 0.4) is 0 Å². The van der Waals surface area contributed by atoms with Gasteiger partial charge in [-0.25, -0.2) is 13.2 Å². The van der Waals surface area contributed by atoms with Crippen LogP contribution in [0, 0.1) is 0 Å². The highest BCUT2D eigenvalue weighted by molar-refractivity contribution is 7.88. The molecule has 0 bridgehead atoms. The fraction of sp³-hybridized carbons (Fsp3) is 0.840. The Morgan fingerprint density at radius 1 is 0.946 bits per heavy atom. The number of nitrogens with zero attached hydrogens (tertiary/aromatic N) is 2. The van der Waals surface area contributed by atoms with Gasteiger partial charge in [-0.15, -0.1) is 0 Å². The predicted molar refractivity (Wildman–Crippen MR) is 139 cm³/mol. The van der Waals surface area contributed by atoms with Gasteiger partial charge in [0.05, 0.1) is 12.3 Å². The number of urea groups is 1. The number of sulfonamides is 1. The zero-order valence-corrected chi connectivity index (χ0v) is 23.0. The third-order valence-corrected chi connectivity index (χ3v) is 9.17. The zero-order chi connectivity index (χ0) is 27.1. The molecule has 2 aliphatic carbocycles. The number of hydrogen-bond donors (Lipinski definition) is 3. The summed E-state index contributed by atoms with van der Waals surface area (Å²) in [7, 11) is -3.33. The number of hydrogen-bond acceptors (Lipinski definition) is 6. The quantitative estimate of drug-likeness (QED) is 0.355. The van der Waals surface area contributed by atoms with Gasteiger partial charge in [-0.05, 0) is 32.1 Å². The SMILES string of the molecule is CCCC[C@H](NC(=O)C1(NC(=O)N2CCN(S(C)(=O)=O)CC2)CCCCC1)C(=O)C(=O)NC1CCCC1. The molecule has 3 aliphatic rings. The second-order valence-corrected chi connectivity index (χ2v) is 12.7. The lowest BCUT2D eigenvalue weighted by Crippen LogP contribution is -2.65. The van der Waals surface area contributed by atoms with Crippen molar-refractivity contribution in [2.24, 2.45) is 0 Å². The first-order chi connectivity index (χ1) is 17.6. The maximum atomic E-state index is 13.7. The van der Waals surface area contributed by atoms with Crippen LogP contribution in [0.15, 0.2) is 0 Å². The first-order valence-electron chi connectivity index (χ1n) is 13.7. The van der Waals surface area contributed by atoms with Crippen molar-refractivity contribution in [3.05, 3.63) is 0 Å². The van der Waals surface area contributed by atoms with E-state index in [0.29, 0.717) is 25.7 Å². The maximum Gasteiger partial charge on any atom is 0.318 e. The van der Waals surface area contributed by atoms with Gasteiger partial charge in [0.15, 0.2) is 0 Å². The van der Waals surface area contributed by atoms with Gasteiger partial charge < -0.3 is 20.9 Å². The molecule has 0 spiro atoms. The van der Waals surface area contributed by atoms with Gasteiger partial charge >= 0.3 is 6.03 Å². The smallest absolute Gasteiger partial charge is 0.318 e. The zero-order valence-electron chi connectivity index (χ0n) is 22.2. The molecule has 0 aromatic carbocycles. The van der Waals surface area contributed by atoms with Gasteiger partial charge in [0.1, 0.15) is 5.54 Å². The van der Waals surface area contributed by atoms with Crippen molar-refractivity contribution < 1.29 is 27.6 Å². The number of nitrogens with one attached hydrogen (secondary N) is 3. The van der Waals surface area contributed by atoms with Crippen LogP contribution in [-0.4, -0.2) is 91.3 Å². The van der Waals surface area contributed by atoms with Gasteiger partial charge in [0, 0.05) is 32.2 Å². The molecule has 37 heavy (non-hydrogen) atoms. The number of rotatable bonds is 10. The van der Waals surface area contributed by atoms with Crippen molar-refractivity contribution in [1.82, 2.24) is 25.2 Å². The number of carbonyl (C=O) groups is 4. The van der Waals surface area contributed by atoms with Gasteiger partial charge in [0.25, 0.3) is 5.91 Å². The molecule has 0 aromatic heterocycles. The molecule has 3 fully saturated rings. The van der Waals surface area contributed by atoms with Gasteiger partial charge in [0.2, 0.25) is 21.7 Å². The van der Waals surface area contributed by atoms with Crippen LogP contribution >= 0.6 is 0 Å². The Hall–Kier alpha value is -2.21. The summed E-state index contributed by atoms with van der Waals surface area (Å²) in [6.45, 7) is 2.85. The van der Waals surface area contributed by atoms with Crippen LogP contribution < -0.4 is 16.0 Å². The van der Waals surface area contributed by atoms with Crippen LogP contribution in [0.5, 0.6) is 0 Å². The average molecular weight is 542 g/mol. The highest BCUT2D eigenvalue weighted by atomic mass is 32.2. The Morgan fingerprint density at radius 3 is 2.14 bits per heavy atom. The van der Waals surface area contributed by atoms with E-state index in [0.717, 1.165) is 57.6 Å². The van der Waals surface area contributed by atoms with E-state index in [2.05, 4.69) is 16.0 Å². The van der Waals surface area contributed by atoms with Gasteiger partial charge in [-0.2, -0.15) is 4.31 Å². The third kappa shape index (κ3) is 7.89. The van der Waals surface area contributed by atoms with E-state index >= 15 is 0 Å². The molecular weight excluding hydrogens is 498 g/mol. The fourth-order valence-corrected chi connectivity index (χ4v) is 6.36. The van der Waals surface area contributed by atoms with Crippen molar-refractivity contribution in [2.75, 3.05) is 32.4 Å². The lowest BCUT2D eigenvalue weighted by molar-refractivity contribution is -0.141. The maximum absolute atomic E-state index is 13.7. The summed E-state index contributed by atoms with van der Waals surface area (Å²) in [5.74, 6) is -1.72. The highest BCUT2D eigenvalue weighted by Crippen LogP contribution is 2.29. The second kappa shape index (κ2) is 13.0. The largest absolute Gasteiger partial charge is 0.347 e. The summed E-state index contributed by atoms with van der Waals surface area (Å²) in [5.41, 5.74) is -1.17. The lowest BCUT2D eigenvalue weighted by Gasteiger charge is -2.40. The summed E-state index contributed by atoms with van der Waals surface area (Å²) in [6, 6.07) is -1.35. The van der Waals surface area contributed by atoms with E-state index in [9.17, 15) is 27.6 Å². The second-order valence-electron chi connectivity index (χ2n) is 10.7. The van der Waals surface area contributed by atoms with Crippen LogP contribution in [0.25, 0.3) is 0 Å². The summed E-state index contributed by atoms with van der Waals surface area (Å²) in [4.78, 5) is 54.1. The standard InChI is InChI=1S/C25H43N5O6S/c1-3-4-12-20(21(31)22(32)26-19-10-6-7-11-19)27-23(33)25(13-8-5-9-14-25)28-24(34)29-15-17-30(18-16-29)37(2,35)36/h19-20H,3-18H2,1-2H3,(H,26,32)(H,27,33)(H,28,34)/t20-/m0/s1. The molecule has 1 heterocycles. The molecule has 1 aliphatic heterocycles. The van der Waals surface area contributed by atoms with Crippen LogP contribution in [0.1, 0.15) is 84.0 Å². The van der Waals surface area contributed by atoms with Crippen LogP contribution in [0.2, 0.25) is 0 Å². The molecule has 4 amide bonds. The minimum absolute atomic E-state index is 0.00566. The van der Waals surface area contributed by atoms with Crippen LogP contribution in [-0.2, 0) is 24.4 Å². The van der Waals surface area contributed by atoms with Gasteiger partial charge in [-0.1, -0.05) is 51.9 Å². The minimum atomic E-state index is -3.33. The average Bonchev–Trinajstić information content (AvgIpc) is 3.39. The summed E-state index contributed by atoms with van der Waals surface area (Å²) >= 11 is 0. The number of amides is 4. The van der Waals surface area contributed by atoms with Gasteiger partial charge in [-0.3, -0.25) is 14.4 Å². The molecular formula is C25H43N5O6S. The Labute approximate surface area is 220 Å². The van der Waals surface area contributed by atoms with E-state index in [1.165, 1.54) is 9.21 Å². The van der Waals surface area contributed by atoms with E-state index in [1.54, 1.807) is 0 Å². The summed E-state index contributed by atoms with van der Waals surface area (Å²) in [5, 5.41) is 8.60. The van der Waals surface area contributed by atoms with E-state index in [-0.39, 0.29) is 32.2 Å². The normalized spacial score (nSPS) is 21.7. The predicted octanol–water partition coefficient (Wildman–Crippen LogP) is 1.28. The number of piperazine rings is 1. The Morgan fingerprint density at radius 2 is 1.57 bits per heavy atom. The molecule has 1 atom stereocenters. The van der Waals surface area contributed by atoms with Crippen molar-refractivity contribution >= 4 is 33.7 Å². The highest BCUT2D eigenvalue weighted by Gasteiger charge is 2.44. The number of carbonyl (C=O) groups excluding carboxylic acids is 4. The Balaban J connectivity index is 1.67. The summed E-state index contributed by atoms with van der Waals surface area (Å²) in [6.07, 6.45) is 10.1. The Kier molecular flexibility index (Phi) is 10.3. The number of unbranched alkanes of at least 4 members (excludes halogenated alkanes) is 1.